The summed E-state index contributed by atoms with van der Waals surface area (Å²) in [5.41, 5.74) is 1.75. The van der Waals surface area contributed by atoms with Crippen LogP contribution < -0.4 is 5.32 Å². The van der Waals surface area contributed by atoms with Crippen molar-refractivity contribution in [2.75, 3.05) is 12.4 Å². The number of carbonyl (C=O) groups is 1. The molecule has 3 heterocycles. The zero-order chi connectivity index (χ0) is 16.4. The molecule has 0 aromatic carbocycles. The molecule has 7 heteroatoms. The van der Waals surface area contributed by atoms with Crippen LogP contribution in [0.4, 0.5) is 5.82 Å². The van der Waals surface area contributed by atoms with Gasteiger partial charge >= 0.3 is 5.97 Å². The number of fused-ring (bicyclic) bond motifs is 1. The van der Waals surface area contributed by atoms with E-state index in [1.165, 1.54) is 18.4 Å². The molecule has 0 atom stereocenters. The van der Waals surface area contributed by atoms with Gasteiger partial charge in [-0.3, -0.25) is 4.98 Å². The van der Waals surface area contributed by atoms with E-state index in [0.717, 1.165) is 21.5 Å². The molecule has 6 nitrogen and oxygen atoms in total. The van der Waals surface area contributed by atoms with Gasteiger partial charge in [0.15, 0.2) is 0 Å². The first-order valence-corrected chi connectivity index (χ1v) is 7.91. The highest BCUT2D eigenvalue weighted by molar-refractivity contribution is 7.20. The number of nitrogens with zero attached hydrogens (tertiary/aromatic N) is 3. The van der Waals surface area contributed by atoms with Crippen molar-refractivity contribution in [2.24, 2.45) is 0 Å². The van der Waals surface area contributed by atoms with Gasteiger partial charge in [0.05, 0.1) is 24.7 Å². The van der Waals surface area contributed by atoms with Gasteiger partial charge < -0.3 is 10.1 Å². The maximum atomic E-state index is 11.9. The summed E-state index contributed by atoms with van der Waals surface area (Å²) in [6, 6.07) is 5.76. The van der Waals surface area contributed by atoms with E-state index >= 15 is 0 Å². The van der Waals surface area contributed by atoms with E-state index < -0.39 is 0 Å². The molecule has 23 heavy (non-hydrogen) atoms. The number of hydrogen-bond donors (Lipinski definition) is 1. The van der Waals surface area contributed by atoms with Crippen LogP contribution >= 0.6 is 11.3 Å². The molecule has 0 saturated carbocycles. The number of thiophene rings is 1. The van der Waals surface area contributed by atoms with E-state index in [1.54, 1.807) is 6.20 Å². The number of pyridine rings is 1. The Morgan fingerprint density at radius 2 is 2.13 bits per heavy atom. The Bertz CT molecular complexity index is 861. The number of esters is 1. The number of aryl methyl sites for hydroxylation is 2. The van der Waals surface area contributed by atoms with E-state index in [0.29, 0.717) is 23.1 Å². The lowest BCUT2D eigenvalue weighted by atomic mass is 10.2. The fourth-order valence-electron chi connectivity index (χ4n) is 2.34. The third-order valence-electron chi connectivity index (χ3n) is 3.44. The van der Waals surface area contributed by atoms with E-state index in [4.69, 9.17) is 4.74 Å². The van der Waals surface area contributed by atoms with Crippen LogP contribution in [-0.4, -0.2) is 28.0 Å². The molecule has 3 aromatic rings. The molecule has 118 valence electrons. The largest absolute Gasteiger partial charge is 0.465 e. The highest BCUT2D eigenvalue weighted by atomic mass is 32.1. The second-order valence-corrected chi connectivity index (χ2v) is 6.02. The Kier molecular flexibility index (Phi) is 4.20. The number of rotatable bonds is 4. The monoisotopic (exact) mass is 328 g/mol. The maximum Gasteiger partial charge on any atom is 0.348 e. The standard InChI is InChI=1S/C16H16N4O2S/c1-9-12-14(18-8-11-6-4-5-7-17-11)19-10(2)20-15(12)23-13(9)16(21)22-3/h4-7H,8H2,1-3H3,(H,18,19,20). The van der Waals surface area contributed by atoms with Gasteiger partial charge in [0.1, 0.15) is 21.3 Å². The normalized spacial score (nSPS) is 10.7. The van der Waals surface area contributed by atoms with Crippen molar-refractivity contribution in [3.8, 4) is 0 Å². The summed E-state index contributed by atoms with van der Waals surface area (Å²) in [5, 5.41) is 4.16. The van der Waals surface area contributed by atoms with Gasteiger partial charge in [-0.25, -0.2) is 14.8 Å². The van der Waals surface area contributed by atoms with E-state index in [-0.39, 0.29) is 5.97 Å². The van der Waals surface area contributed by atoms with Crippen molar-refractivity contribution in [1.29, 1.82) is 0 Å². The van der Waals surface area contributed by atoms with Gasteiger partial charge in [0.25, 0.3) is 0 Å². The van der Waals surface area contributed by atoms with Gasteiger partial charge in [-0.2, -0.15) is 0 Å². The summed E-state index contributed by atoms with van der Waals surface area (Å²) in [4.78, 5) is 26.4. The lowest BCUT2D eigenvalue weighted by Crippen LogP contribution is -2.05. The predicted octanol–water partition coefficient (Wildman–Crippen LogP) is 3.10. The average Bonchev–Trinajstić information content (AvgIpc) is 2.89. The van der Waals surface area contributed by atoms with Gasteiger partial charge in [0, 0.05) is 6.20 Å². The molecule has 3 aromatic heterocycles. The lowest BCUT2D eigenvalue weighted by molar-refractivity contribution is 0.0605. The minimum atomic E-state index is -0.348. The number of nitrogens with one attached hydrogen (secondary N) is 1. The second-order valence-electron chi connectivity index (χ2n) is 5.02. The molecule has 0 aliphatic heterocycles. The third kappa shape index (κ3) is 3.00. The first-order chi connectivity index (χ1) is 11.1. The maximum absolute atomic E-state index is 11.9. The van der Waals surface area contributed by atoms with Crippen LogP contribution in [0.5, 0.6) is 0 Å². The van der Waals surface area contributed by atoms with Gasteiger partial charge in [0.2, 0.25) is 0 Å². The molecule has 0 bridgehead atoms. The first kappa shape index (κ1) is 15.4. The molecule has 0 radical (unpaired) electrons. The molecule has 0 aliphatic carbocycles. The fourth-order valence-corrected chi connectivity index (χ4v) is 3.48. The molecule has 3 rings (SSSR count). The number of anilines is 1. The summed E-state index contributed by atoms with van der Waals surface area (Å²) in [6.07, 6.45) is 1.75. The highest BCUT2D eigenvalue weighted by Crippen LogP contribution is 2.34. The third-order valence-corrected chi connectivity index (χ3v) is 4.60. The molecule has 0 spiro atoms. The number of hydrogen-bond acceptors (Lipinski definition) is 7. The van der Waals surface area contributed by atoms with Gasteiger partial charge in [-0.1, -0.05) is 6.07 Å². The Balaban J connectivity index is 2.02. The first-order valence-electron chi connectivity index (χ1n) is 7.10. The Morgan fingerprint density at radius 1 is 1.30 bits per heavy atom. The molecule has 0 amide bonds. The van der Waals surface area contributed by atoms with Crippen molar-refractivity contribution in [3.63, 3.8) is 0 Å². The molecule has 0 saturated heterocycles. The fraction of sp³-hybridized carbons (Fsp3) is 0.250. The van der Waals surface area contributed by atoms with Gasteiger partial charge in [-0.15, -0.1) is 11.3 Å². The average molecular weight is 328 g/mol. The summed E-state index contributed by atoms with van der Waals surface area (Å²) >= 11 is 1.33. The zero-order valence-corrected chi connectivity index (χ0v) is 13.9. The number of ether oxygens (including phenoxy) is 1. The van der Waals surface area contributed by atoms with E-state index in [1.807, 2.05) is 32.0 Å². The van der Waals surface area contributed by atoms with Gasteiger partial charge in [-0.05, 0) is 31.5 Å². The smallest absolute Gasteiger partial charge is 0.348 e. The second kappa shape index (κ2) is 6.29. The highest BCUT2D eigenvalue weighted by Gasteiger charge is 2.20. The van der Waals surface area contributed by atoms with Crippen LogP contribution in [0.3, 0.4) is 0 Å². The molecule has 1 N–H and O–H groups in total. The number of carbonyl (C=O) groups excluding carboxylic acids is 1. The van der Waals surface area contributed by atoms with Crippen molar-refractivity contribution in [3.05, 3.63) is 46.4 Å². The molecule has 0 aliphatic rings. The topological polar surface area (TPSA) is 77.0 Å². The molecular formula is C16H16N4O2S. The van der Waals surface area contributed by atoms with Crippen molar-refractivity contribution in [1.82, 2.24) is 15.0 Å². The quantitative estimate of drug-likeness (QED) is 0.742. The lowest BCUT2D eigenvalue weighted by Gasteiger charge is -2.08. The minimum absolute atomic E-state index is 0.348. The van der Waals surface area contributed by atoms with Crippen LogP contribution in [-0.2, 0) is 11.3 Å². The summed E-state index contributed by atoms with van der Waals surface area (Å²) in [5.74, 6) is 1.01. The molecule has 0 fully saturated rings. The summed E-state index contributed by atoms with van der Waals surface area (Å²) in [7, 11) is 1.38. The van der Waals surface area contributed by atoms with Crippen molar-refractivity contribution < 1.29 is 9.53 Å². The van der Waals surface area contributed by atoms with E-state index in [2.05, 4.69) is 20.3 Å². The SMILES string of the molecule is COC(=O)c1sc2nc(C)nc(NCc3ccccn3)c2c1C. The van der Waals surface area contributed by atoms with Crippen LogP contribution in [0.25, 0.3) is 10.2 Å². The van der Waals surface area contributed by atoms with Crippen LogP contribution in [0.1, 0.15) is 26.8 Å². The van der Waals surface area contributed by atoms with E-state index in [9.17, 15) is 4.79 Å². The Morgan fingerprint density at radius 3 is 2.83 bits per heavy atom. The van der Waals surface area contributed by atoms with Crippen LogP contribution in [0.2, 0.25) is 0 Å². The van der Waals surface area contributed by atoms with Crippen molar-refractivity contribution in [2.45, 2.75) is 20.4 Å². The molecule has 0 unspecified atom stereocenters. The predicted molar refractivity (Wildman–Crippen MR) is 89.8 cm³/mol. The van der Waals surface area contributed by atoms with Crippen LogP contribution in [0, 0.1) is 13.8 Å². The zero-order valence-electron chi connectivity index (χ0n) is 13.1. The minimum Gasteiger partial charge on any atom is -0.465 e. The summed E-state index contributed by atoms with van der Waals surface area (Å²) in [6.45, 7) is 4.27. The number of methoxy groups -OCH3 is 1. The Hall–Kier alpha value is -2.54. The van der Waals surface area contributed by atoms with Crippen LogP contribution in [0.15, 0.2) is 24.4 Å². The Labute approximate surface area is 137 Å². The molecular weight excluding hydrogens is 312 g/mol. The number of aromatic nitrogens is 3. The summed E-state index contributed by atoms with van der Waals surface area (Å²) < 4.78 is 4.84. The van der Waals surface area contributed by atoms with Crippen molar-refractivity contribution >= 4 is 33.3 Å².